The lowest BCUT2D eigenvalue weighted by Crippen LogP contribution is -3.09. The molecule has 0 aliphatic carbocycles. The Bertz CT molecular complexity index is 2040. The second-order valence-corrected chi connectivity index (χ2v) is 20.2. The van der Waals surface area contributed by atoms with E-state index in [9.17, 15) is 39.5 Å². The monoisotopic (exact) mass is 794 g/mol. The normalized spacial score (nSPS) is 21.5. The molecule has 2 aromatic carbocycles. The van der Waals surface area contributed by atoms with E-state index < -0.39 is 41.4 Å². The molecule has 286 valence electrons. The van der Waals surface area contributed by atoms with Crippen LogP contribution in [-0.4, -0.2) is 81.1 Å². The highest BCUT2D eigenvalue weighted by Crippen LogP contribution is 2.48. The van der Waals surface area contributed by atoms with E-state index in [1.165, 1.54) is 23.9 Å². The van der Waals surface area contributed by atoms with Crippen molar-refractivity contribution in [2.45, 2.75) is 97.1 Å². The summed E-state index contributed by atoms with van der Waals surface area (Å²) in [5.74, 6) is -0.307. The number of allylic oxidation sites excluding steroid dienone is 4. The number of thioether (sulfide) groups is 1. The van der Waals surface area contributed by atoms with Crippen LogP contribution in [0.25, 0.3) is 0 Å². The summed E-state index contributed by atoms with van der Waals surface area (Å²) in [7, 11) is -12.7. The Kier molecular flexibility index (Phi) is 12.7. The van der Waals surface area contributed by atoms with Gasteiger partial charge in [-0.1, -0.05) is 51.1 Å². The summed E-state index contributed by atoms with van der Waals surface area (Å²) in [6.45, 7) is 9.65. The summed E-state index contributed by atoms with van der Waals surface area (Å²) in [4.78, 5) is 3.92. The van der Waals surface area contributed by atoms with Gasteiger partial charge in [0.1, 0.15) is 15.8 Å². The second-order valence-electron chi connectivity index (χ2n) is 14.1. The number of unbranched alkanes of at least 4 members (excludes halogenated alkanes) is 3. The number of fused-ring (bicyclic) bond motifs is 2. The molecule has 0 aromatic heterocycles. The molecular formula is C36H48N3O9S4-. The smallest absolute Gasteiger partial charge is 0.243 e. The fourth-order valence-corrected chi connectivity index (χ4v) is 11.3. The topological polar surface area (TPSA) is 180 Å². The van der Waals surface area contributed by atoms with E-state index in [0.29, 0.717) is 39.0 Å². The van der Waals surface area contributed by atoms with Crippen molar-refractivity contribution >= 4 is 53.4 Å². The van der Waals surface area contributed by atoms with Gasteiger partial charge < -0.3 is 19.1 Å². The van der Waals surface area contributed by atoms with E-state index in [-0.39, 0.29) is 27.3 Å². The number of nitrogens with zero attached hydrogens (tertiary/aromatic N) is 2. The number of benzene rings is 2. The minimum Gasteiger partial charge on any atom is -0.748 e. The van der Waals surface area contributed by atoms with E-state index >= 15 is 0 Å². The van der Waals surface area contributed by atoms with E-state index in [1.54, 1.807) is 22.5 Å². The number of nitrogens with one attached hydrogen (secondary N) is 1. The molecule has 1 fully saturated rings. The fraction of sp³-hybridized carbons (Fsp3) is 0.500. The first-order valence-electron chi connectivity index (χ1n) is 17.6. The molecule has 5 rings (SSSR count). The third kappa shape index (κ3) is 9.50. The third-order valence-electron chi connectivity index (χ3n) is 9.98. The molecule has 52 heavy (non-hydrogen) atoms. The number of hydrogen-bond donors (Lipinski definition) is 2. The molecule has 2 N–H and O–H groups in total. The van der Waals surface area contributed by atoms with Crippen LogP contribution >= 0.6 is 11.8 Å². The van der Waals surface area contributed by atoms with Gasteiger partial charge in [-0.2, -0.15) is 4.31 Å². The van der Waals surface area contributed by atoms with Gasteiger partial charge in [0.25, 0.3) is 0 Å². The molecule has 0 saturated carbocycles. The maximum Gasteiger partial charge on any atom is 0.243 e. The van der Waals surface area contributed by atoms with Crippen LogP contribution in [0.4, 0.5) is 11.4 Å². The lowest BCUT2D eigenvalue weighted by atomic mass is 9.83. The number of piperidine rings is 1. The molecule has 0 amide bonds. The standard InChI is InChI=1S/C36H49N3O9S4/c1-27(40)13-6-4-9-22-38-31-18-17-29(52(46,47)48)25-30(31)36(2,3)34(38)14-12-15-35-39(23-10-11-24-50(41,42)43)32-19-16-28(26-33(32)49-35)51(44,45)37-20-7-5-8-21-37/h12,14-19,25-26,35,40H,1,4-11,13,20-24H2,2-3H3,(H,41,42,43)(H,46,47,48)/p-1/b15-12+,34-14+. The minimum atomic E-state index is -4.67. The first-order valence-corrected chi connectivity index (χ1v) is 22.9. The van der Waals surface area contributed by atoms with Crippen LogP contribution in [0.5, 0.6) is 0 Å². The van der Waals surface area contributed by atoms with Gasteiger partial charge in [-0.05, 0) is 86.6 Å². The molecular weight excluding hydrogens is 747 g/mol. The number of quaternary nitrogens is 1. The van der Waals surface area contributed by atoms with Crippen molar-refractivity contribution in [1.29, 1.82) is 0 Å². The highest BCUT2D eigenvalue weighted by atomic mass is 32.2. The molecule has 2 atom stereocenters. The van der Waals surface area contributed by atoms with Gasteiger partial charge in [0.05, 0.1) is 37.1 Å². The van der Waals surface area contributed by atoms with Gasteiger partial charge in [-0.15, -0.1) is 0 Å². The predicted octanol–water partition coefficient (Wildman–Crippen LogP) is 4.91. The van der Waals surface area contributed by atoms with Crippen LogP contribution in [-0.2, 0) is 35.7 Å². The molecule has 16 heteroatoms. The zero-order valence-corrected chi connectivity index (χ0v) is 32.9. The number of sulfonamides is 1. The third-order valence-corrected chi connectivity index (χ3v) is 14.8. The first kappa shape index (κ1) is 40.5. The number of rotatable bonds is 16. The highest BCUT2D eigenvalue weighted by Gasteiger charge is 2.40. The average Bonchev–Trinajstić information content (AvgIpc) is 3.52. The molecule has 2 aromatic rings. The van der Waals surface area contributed by atoms with Gasteiger partial charge in [0, 0.05) is 54.7 Å². The number of anilines is 1. The van der Waals surface area contributed by atoms with Crippen molar-refractivity contribution < 1.29 is 44.4 Å². The van der Waals surface area contributed by atoms with E-state index in [1.807, 2.05) is 38.1 Å². The van der Waals surface area contributed by atoms with Crippen LogP contribution in [0, 0.1) is 0 Å². The van der Waals surface area contributed by atoms with Crippen molar-refractivity contribution in [2.75, 3.05) is 36.8 Å². The Labute approximate surface area is 312 Å². The Morgan fingerprint density at radius 1 is 0.962 bits per heavy atom. The maximum absolute atomic E-state index is 13.5. The average molecular weight is 795 g/mol. The zero-order chi connectivity index (χ0) is 37.9. The van der Waals surface area contributed by atoms with Gasteiger partial charge in [-0.3, -0.25) is 4.90 Å². The van der Waals surface area contributed by atoms with Crippen molar-refractivity contribution in [3.8, 4) is 0 Å². The largest absolute Gasteiger partial charge is 0.748 e. The molecule has 3 aliphatic heterocycles. The van der Waals surface area contributed by atoms with Crippen LogP contribution in [0.3, 0.4) is 0 Å². The van der Waals surface area contributed by atoms with Crippen LogP contribution in [0.2, 0.25) is 0 Å². The number of aliphatic hydroxyl groups is 1. The van der Waals surface area contributed by atoms with E-state index in [0.717, 1.165) is 71.0 Å². The Morgan fingerprint density at radius 3 is 2.35 bits per heavy atom. The maximum atomic E-state index is 13.5. The number of hydrogen-bond acceptors (Lipinski definition) is 11. The SMILES string of the molecule is C=C(O)CCCCCN1/C(=C/C=C/C2Sc3cc(S(=O)(=O)N4CCCCC4)ccc3[NH+]2CCCCS(=O)(=O)[O-])C(C)(C)c2cc(S(=O)(=O)[O-])ccc21. The zero-order valence-electron chi connectivity index (χ0n) is 29.6. The molecule has 1 saturated heterocycles. The van der Waals surface area contributed by atoms with Gasteiger partial charge in [-0.25, -0.2) is 25.3 Å². The molecule has 3 heterocycles. The molecule has 3 aliphatic rings. The molecule has 0 bridgehead atoms. The lowest BCUT2D eigenvalue weighted by molar-refractivity contribution is -0.835. The van der Waals surface area contributed by atoms with Crippen molar-refractivity contribution in [3.05, 3.63) is 78.2 Å². The summed E-state index contributed by atoms with van der Waals surface area (Å²) in [6, 6.07) is 9.67. The van der Waals surface area contributed by atoms with Crippen LogP contribution in [0.15, 0.2) is 87.3 Å². The molecule has 0 radical (unpaired) electrons. The lowest BCUT2D eigenvalue weighted by Gasteiger charge is -2.27. The molecule has 2 unspecified atom stereocenters. The van der Waals surface area contributed by atoms with Gasteiger partial charge in [0.15, 0.2) is 5.37 Å². The van der Waals surface area contributed by atoms with Crippen LogP contribution < -0.4 is 9.80 Å². The summed E-state index contributed by atoms with van der Waals surface area (Å²) in [6.07, 6.45) is 12.2. The second kappa shape index (κ2) is 16.3. The van der Waals surface area contributed by atoms with E-state index in [4.69, 9.17) is 0 Å². The minimum absolute atomic E-state index is 0.142. The summed E-state index contributed by atoms with van der Waals surface area (Å²) in [5.41, 5.74) is 2.69. The summed E-state index contributed by atoms with van der Waals surface area (Å²) < 4.78 is 98.2. The molecule has 0 spiro atoms. The first-order chi connectivity index (χ1) is 24.4. The van der Waals surface area contributed by atoms with Gasteiger partial charge >= 0.3 is 0 Å². The summed E-state index contributed by atoms with van der Waals surface area (Å²) >= 11 is 1.52. The Morgan fingerprint density at radius 2 is 1.67 bits per heavy atom. The van der Waals surface area contributed by atoms with E-state index in [2.05, 4.69) is 11.5 Å². The van der Waals surface area contributed by atoms with Crippen molar-refractivity contribution in [2.24, 2.45) is 0 Å². The highest BCUT2D eigenvalue weighted by molar-refractivity contribution is 8.00. The number of aliphatic hydroxyl groups excluding tert-OH is 1. The Hall–Kier alpha value is -2.70. The van der Waals surface area contributed by atoms with Crippen molar-refractivity contribution in [3.63, 3.8) is 0 Å². The summed E-state index contributed by atoms with van der Waals surface area (Å²) in [5, 5.41) is 9.30. The van der Waals surface area contributed by atoms with Crippen molar-refractivity contribution in [1.82, 2.24) is 4.31 Å². The quantitative estimate of drug-likeness (QED) is 0.134. The predicted molar refractivity (Wildman–Crippen MR) is 200 cm³/mol. The Balaban J connectivity index is 1.44. The van der Waals surface area contributed by atoms with Gasteiger partial charge in [0.2, 0.25) is 10.0 Å². The fourth-order valence-electron chi connectivity index (χ4n) is 7.24. The molecule has 12 nitrogen and oxygen atoms in total. The van der Waals surface area contributed by atoms with Crippen LogP contribution in [0.1, 0.15) is 77.2 Å².